The highest BCUT2D eigenvalue weighted by atomic mass is 16.1. The number of carbonyl (C=O) groups is 1. The molecule has 0 aliphatic rings. The van der Waals surface area contributed by atoms with Crippen molar-refractivity contribution in [3.05, 3.63) is 24.3 Å². The fraction of sp³-hybridized carbons (Fsp3) is 0.471. The maximum atomic E-state index is 11.2. The van der Waals surface area contributed by atoms with Crippen molar-refractivity contribution >= 4 is 5.78 Å². The zero-order valence-corrected chi connectivity index (χ0v) is 11.5. The molecule has 1 heteroatoms. The molecule has 0 rings (SSSR count). The highest BCUT2D eigenvalue weighted by molar-refractivity contribution is 5.78. The minimum atomic E-state index is 0.345. The monoisotopic (exact) mass is 242 g/mol. The summed E-state index contributed by atoms with van der Waals surface area (Å²) in [6.45, 7) is 4.12. The van der Waals surface area contributed by atoms with Gasteiger partial charge in [-0.25, -0.2) is 0 Å². The quantitative estimate of drug-likeness (QED) is 0.486. The summed E-state index contributed by atoms with van der Waals surface area (Å²) in [7, 11) is 0. The number of allylic oxidation sites excluding steroid dienone is 4. The van der Waals surface area contributed by atoms with Gasteiger partial charge in [0.05, 0.1) is 0 Å². The standard InChI is InChI=1S/C17H22O/c1-3-5-6-7-8-9-10-11-12-13-14-16-17(18)15-4-2/h10-13H,3-5,14-16H2,1-2H3. The largest absolute Gasteiger partial charge is 0.300 e. The summed E-state index contributed by atoms with van der Waals surface area (Å²) in [6.07, 6.45) is 12.6. The van der Waals surface area contributed by atoms with Crippen LogP contribution in [0.15, 0.2) is 24.3 Å². The van der Waals surface area contributed by atoms with Crippen LogP contribution >= 0.6 is 0 Å². The molecular weight excluding hydrogens is 220 g/mol. The van der Waals surface area contributed by atoms with E-state index in [0.29, 0.717) is 18.6 Å². The van der Waals surface area contributed by atoms with Gasteiger partial charge in [-0.15, -0.1) is 0 Å². The molecule has 96 valence electrons. The van der Waals surface area contributed by atoms with Crippen molar-refractivity contribution in [1.82, 2.24) is 0 Å². The van der Waals surface area contributed by atoms with Crippen LogP contribution in [-0.4, -0.2) is 5.78 Å². The third kappa shape index (κ3) is 12.3. The second-order valence-electron chi connectivity index (χ2n) is 3.94. The van der Waals surface area contributed by atoms with Crippen LogP contribution in [0.2, 0.25) is 0 Å². The molecular formula is C17H22O. The lowest BCUT2D eigenvalue weighted by Gasteiger charge is -1.93. The molecule has 0 fully saturated rings. The Bertz CT molecular complexity index is 391. The third-order valence-electron chi connectivity index (χ3n) is 2.14. The van der Waals surface area contributed by atoms with E-state index in [9.17, 15) is 4.79 Å². The molecule has 1 nitrogen and oxygen atoms in total. The summed E-state index contributed by atoms with van der Waals surface area (Å²) in [5.41, 5.74) is 0. The predicted molar refractivity (Wildman–Crippen MR) is 77.9 cm³/mol. The van der Waals surface area contributed by atoms with Crippen molar-refractivity contribution in [3.8, 4) is 23.7 Å². The highest BCUT2D eigenvalue weighted by Crippen LogP contribution is 1.98. The van der Waals surface area contributed by atoms with Crippen LogP contribution in [0.3, 0.4) is 0 Å². The maximum Gasteiger partial charge on any atom is 0.133 e. The van der Waals surface area contributed by atoms with Gasteiger partial charge in [0, 0.05) is 19.3 Å². The molecule has 18 heavy (non-hydrogen) atoms. The number of Topliss-reactive ketones (excluding diaryl/α,β-unsaturated/α-hetero) is 1. The lowest BCUT2D eigenvalue weighted by atomic mass is 10.1. The summed E-state index contributed by atoms with van der Waals surface area (Å²) < 4.78 is 0. The van der Waals surface area contributed by atoms with E-state index in [1.807, 2.05) is 25.2 Å². The molecule has 0 saturated heterocycles. The van der Waals surface area contributed by atoms with E-state index in [-0.39, 0.29) is 0 Å². The summed E-state index contributed by atoms with van der Waals surface area (Å²) in [5.74, 6) is 11.7. The normalized spacial score (nSPS) is 9.89. The molecule has 0 amide bonds. The van der Waals surface area contributed by atoms with Crippen molar-refractivity contribution < 1.29 is 4.79 Å². The first-order valence-electron chi connectivity index (χ1n) is 6.63. The van der Waals surface area contributed by atoms with Gasteiger partial charge in [0.2, 0.25) is 0 Å². The van der Waals surface area contributed by atoms with Gasteiger partial charge < -0.3 is 0 Å². The third-order valence-corrected chi connectivity index (χ3v) is 2.14. The van der Waals surface area contributed by atoms with Crippen molar-refractivity contribution in [2.45, 2.75) is 52.4 Å². The molecule has 0 spiro atoms. The fourth-order valence-electron chi connectivity index (χ4n) is 1.24. The van der Waals surface area contributed by atoms with Gasteiger partial charge in [0.25, 0.3) is 0 Å². The van der Waals surface area contributed by atoms with Crippen LogP contribution in [0.25, 0.3) is 0 Å². The van der Waals surface area contributed by atoms with Gasteiger partial charge in [-0.2, -0.15) is 0 Å². The van der Waals surface area contributed by atoms with Gasteiger partial charge >= 0.3 is 0 Å². The van der Waals surface area contributed by atoms with Crippen molar-refractivity contribution in [2.24, 2.45) is 0 Å². The molecule has 0 aliphatic heterocycles. The Morgan fingerprint density at radius 3 is 2.61 bits per heavy atom. The highest BCUT2D eigenvalue weighted by Gasteiger charge is 1.96. The Balaban J connectivity index is 3.70. The van der Waals surface area contributed by atoms with Crippen molar-refractivity contribution in [2.75, 3.05) is 0 Å². The average Bonchev–Trinajstić information content (AvgIpc) is 2.36. The van der Waals surface area contributed by atoms with E-state index in [4.69, 9.17) is 0 Å². The number of ketones is 1. The first-order valence-corrected chi connectivity index (χ1v) is 6.63. The van der Waals surface area contributed by atoms with Crippen LogP contribution < -0.4 is 0 Å². The number of hydrogen-bond acceptors (Lipinski definition) is 1. The van der Waals surface area contributed by atoms with Crippen LogP contribution in [0, 0.1) is 23.7 Å². The summed E-state index contributed by atoms with van der Waals surface area (Å²) >= 11 is 0. The molecule has 0 radical (unpaired) electrons. The van der Waals surface area contributed by atoms with Gasteiger partial charge in [0.1, 0.15) is 5.78 Å². The van der Waals surface area contributed by atoms with E-state index in [2.05, 4.69) is 30.6 Å². The second-order valence-corrected chi connectivity index (χ2v) is 3.94. The van der Waals surface area contributed by atoms with E-state index in [1.165, 1.54) is 0 Å². The maximum absolute atomic E-state index is 11.2. The van der Waals surface area contributed by atoms with Crippen LogP contribution in [0.4, 0.5) is 0 Å². The molecule has 0 aliphatic carbocycles. The minimum absolute atomic E-state index is 0.345. The van der Waals surface area contributed by atoms with Gasteiger partial charge in [-0.1, -0.05) is 43.9 Å². The Hall–Kier alpha value is -1.73. The molecule has 0 unspecified atom stereocenters. The van der Waals surface area contributed by atoms with Crippen LogP contribution in [-0.2, 0) is 4.79 Å². The Labute approximate surface area is 111 Å². The smallest absolute Gasteiger partial charge is 0.133 e. The van der Waals surface area contributed by atoms with Gasteiger partial charge in [0.15, 0.2) is 0 Å². The topological polar surface area (TPSA) is 17.1 Å². The number of carbonyl (C=O) groups excluding carboxylic acids is 1. The molecule has 0 aromatic heterocycles. The molecule has 0 heterocycles. The van der Waals surface area contributed by atoms with E-state index in [1.54, 1.807) is 6.08 Å². The summed E-state index contributed by atoms with van der Waals surface area (Å²) in [5, 5.41) is 0. The first-order chi connectivity index (χ1) is 8.81. The van der Waals surface area contributed by atoms with Crippen LogP contribution in [0.5, 0.6) is 0 Å². The zero-order chi connectivity index (χ0) is 13.5. The Morgan fingerprint density at radius 2 is 1.89 bits per heavy atom. The lowest BCUT2D eigenvalue weighted by molar-refractivity contribution is -0.119. The number of rotatable bonds is 7. The summed E-state index contributed by atoms with van der Waals surface area (Å²) in [4.78, 5) is 11.2. The number of unbranched alkanes of at least 4 members (excludes halogenated alkanes) is 1. The van der Waals surface area contributed by atoms with Crippen molar-refractivity contribution in [1.29, 1.82) is 0 Å². The lowest BCUT2D eigenvalue weighted by Crippen LogP contribution is -1.94. The molecule has 0 aromatic carbocycles. The second kappa shape index (κ2) is 13.3. The average molecular weight is 242 g/mol. The SMILES string of the molecule is CCCC#CC#CC=CC=CCCC(=O)CCC. The molecule has 0 aromatic rings. The fourth-order valence-corrected chi connectivity index (χ4v) is 1.24. The molecule has 0 saturated carbocycles. The van der Waals surface area contributed by atoms with Crippen molar-refractivity contribution in [3.63, 3.8) is 0 Å². The van der Waals surface area contributed by atoms with Crippen LogP contribution in [0.1, 0.15) is 52.4 Å². The predicted octanol–water partition coefficient (Wildman–Crippen LogP) is 4.06. The molecule has 0 N–H and O–H groups in total. The van der Waals surface area contributed by atoms with E-state index < -0.39 is 0 Å². The minimum Gasteiger partial charge on any atom is -0.300 e. The Kier molecular flexibility index (Phi) is 12.1. The molecule has 0 atom stereocenters. The number of hydrogen-bond donors (Lipinski definition) is 0. The molecule has 0 bridgehead atoms. The summed E-state index contributed by atoms with van der Waals surface area (Å²) in [6, 6.07) is 0. The van der Waals surface area contributed by atoms with E-state index in [0.717, 1.165) is 25.7 Å². The van der Waals surface area contributed by atoms with Gasteiger partial charge in [-0.05, 0) is 37.2 Å². The zero-order valence-electron chi connectivity index (χ0n) is 11.5. The van der Waals surface area contributed by atoms with Gasteiger partial charge in [-0.3, -0.25) is 4.79 Å². The first kappa shape index (κ1) is 16.3. The van der Waals surface area contributed by atoms with E-state index >= 15 is 0 Å². The Morgan fingerprint density at radius 1 is 1.06 bits per heavy atom.